The van der Waals surface area contributed by atoms with E-state index in [0.717, 1.165) is 0 Å². The Kier molecular flexibility index (Phi) is 5.57. The van der Waals surface area contributed by atoms with Gasteiger partial charge in [0.15, 0.2) is 11.5 Å². The molecule has 0 aliphatic heterocycles. The molecule has 0 bridgehead atoms. The van der Waals surface area contributed by atoms with E-state index in [2.05, 4.69) is 15.5 Å². The van der Waals surface area contributed by atoms with Crippen molar-refractivity contribution in [2.45, 2.75) is 13.8 Å². The monoisotopic (exact) mass is 338 g/mol. The number of anilines is 2. The van der Waals surface area contributed by atoms with Gasteiger partial charge in [-0.3, -0.25) is 4.79 Å². The summed E-state index contributed by atoms with van der Waals surface area (Å²) in [4.78, 5) is 13.8. The second kappa shape index (κ2) is 7.42. The number of hydrogen-bond acceptors (Lipinski definition) is 4. The van der Waals surface area contributed by atoms with Gasteiger partial charge in [-0.2, -0.15) is 0 Å². The molecule has 1 heterocycles. The number of nitrogens with zero attached hydrogens (tertiary/aromatic N) is 3. The van der Waals surface area contributed by atoms with Gasteiger partial charge < -0.3 is 10.2 Å². The number of amides is 1. The Morgan fingerprint density at radius 2 is 1.86 bits per heavy atom. The van der Waals surface area contributed by atoms with Crippen LogP contribution in [0.1, 0.15) is 24.3 Å². The van der Waals surface area contributed by atoms with Crippen LogP contribution in [0.25, 0.3) is 0 Å². The highest BCUT2D eigenvalue weighted by atomic mass is 35.5. The van der Waals surface area contributed by atoms with E-state index in [1.807, 2.05) is 13.8 Å². The normalized spacial score (nSPS) is 10.4. The standard InChI is InChI=1S/C15H16Cl2N4O/c1-3-21(4-2)15(22)13-7-8-14(20-19-13)18-12-6-5-10(16)9-11(12)17/h5-9H,3-4H2,1-2H3,(H,18,20). The Bertz CT molecular complexity index is 657. The zero-order valence-electron chi connectivity index (χ0n) is 12.3. The van der Waals surface area contributed by atoms with Crippen LogP contribution >= 0.6 is 23.2 Å². The summed E-state index contributed by atoms with van der Waals surface area (Å²) in [5.41, 5.74) is 0.986. The molecule has 0 aliphatic carbocycles. The van der Waals surface area contributed by atoms with Gasteiger partial charge in [-0.1, -0.05) is 23.2 Å². The summed E-state index contributed by atoms with van der Waals surface area (Å²) in [6, 6.07) is 8.44. The number of aromatic nitrogens is 2. The highest BCUT2D eigenvalue weighted by Gasteiger charge is 2.14. The first-order valence-corrected chi connectivity index (χ1v) is 7.65. The number of nitrogens with one attached hydrogen (secondary N) is 1. The lowest BCUT2D eigenvalue weighted by molar-refractivity contribution is 0.0766. The van der Waals surface area contributed by atoms with E-state index in [1.165, 1.54) is 0 Å². The summed E-state index contributed by atoms with van der Waals surface area (Å²) in [5.74, 6) is 0.369. The van der Waals surface area contributed by atoms with Crippen LogP contribution in [0.2, 0.25) is 10.0 Å². The molecule has 22 heavy (non-hydrogen) atoms. The summed E-state index contributed by atoms with van der Waals surface area (Å²) in [7, 11) is 0. The van der Waals surface area contributed by atoms with Crippen LogP contribution in [0.5, 0.6) is 0 Å². The van der Waals surface area contributed by atoms with Crippen LogP contribution in [-0.4, -0.2) is 34.1 Å². The number of benzene rings is 1. The van der Waals surface area contributed by atoms with Gasteiger partial charge >= 0.3 is 0 Å². The van der Waals surface area contributed by atoms with Crippen molar-refractivity contribution in [1.29, 1.82) is 0 Å². The predicted octanol–water partition coefficient (Wildman–Crippen LogP) is 4.01. The lowest BCUT2D eigenvalue weighted by Gasteiger charge is -2.17. The van der Waals surface area contributed by atoms with Gasteiger partial charge in [0.25, 0.3) is 5.91 Å². The molecule has 2 rings (SSSR count). The molecule has 0 saturated carbocycles. The van der Waals surface area contributed by atoms with Gasteiger partial charge in [0.1, 0.15) is 0 Å². The maximum absolute atomic E-state index is 12.1. The maximum atomic E-state index is 12.1. The Labute approximate surface area is 139 Å². The maximum Gasteiger partial charge on any atom is 0.274 e. The quantitative estimate of drug-likeness (QED) is 0.894. The zero-order chi connectivity index (χ0) is 16.1. The van der Waals surface area contributed by atoms with E-state index in [9.17, 15) is 4.79 Å². The Morgan fingerprint density at radius 3 is 2.41 bits per heavy atom. The minimum Gasteiger partial charge on any atom is -0.338 e. The van der Waals surface area contributed by atoms with E-state index in [1.54, 1.807) is 35.2 Å². The molecule has 116 valence electrons. The molecule has 0 unspecified atom stereocenters. The summed E-state index contributed by atoms with van der Waals surface area (Å²) in [6.07, 6.45) is 0. The molecule has 0 saturated heterocycles. The highest BCUT2D eigenvalue weighted by Crippen LogP contribution is 2.27. The molecule has 1 N–H and O–H groups in total. The third kappa shape index (κ3) is 3.87. The number of carbonyl (C=O) groups excluding carboxylic acids is 1. The van der Waals surface area contributed by atoms with Crippen molar-refractivity contribution in [3.05, 3.63) is 46.1 Å². The third-order valence-corrected chi connectivity index (χ3v) is 3.68. The van der Waals surface area contributed by atoms with Crippen LogP contribution in [0.4, 0.5) is 11.5 Å². The fraction of sp³-hybridized carbons (Fsp3) is 0.267. The van der Waals surface area contributed by atoms with Gasteiger partial charge in [0.2, 0.25) is 0 Å². The SMILES string of the molecule is CCN(CC)C(=O)c1ccc(Nc2ccc(Cl)cc2Cl)nn1. The molecule has 1 amide bonds. The molecule has 1 aromatic carbocycles. The van der Waals surface area contributed by atoms with Crippen molar-refractivity contribution in [2.75, 3.05) is 18.4 Å². The fourth-order valence-electron chi connectivity index (χ4n) is 1.91. The summed E-state index contributed by atoms with van der Waals surface area (Å²) in [5, 5.41) is 12.1. The fourth-order valence-corrected chi connectivity index (χ4v) is 2.37. The molecular formula is C15H16Cl2N4O. The first-order chi connectivity index (χ1) is 10.5. The summed E-state index contributed by atoms with van der Waals surface area (Å²) < 4.78 is 0. The molecule has 0 atom stereocenters. The van der Waals surface area contributed by atoms with E-state index < -0.39 is 0 Å². The van der Waals surface area contributed by atoms with Crippen molar-refractivity contribution < 1.29 is 4.79 Å². The highest BCUT2D eigenvalue weighted by molar-refractivity contribution is 6.36. The first kappa shape index (κ1) is 16.5. The molecule has 0 fully saturated rings. The second-order valence-electron chi connectivity index (χ2n) is 4.53. The first-order valence-electron chi connectivity index (χ1n) is 6.90. The number of carbonyl (C=O) groups is 1. The van der Waals surface area contributed by atoms with Gasteiger partial charge in [-0.25, -0.2) is 0 Å². The number of halogens is 2. The predicted molar refractivity (Wildman–Crippen MR) is 89.0 cm³/mol. The van der Waals surface area contributed by atoms with E-state index in [4.69, 9.17) is 23.2 Å². The molecule has 5 nitrogen and oxygen atoms in total. The largest absolute Gasteiger partial charge is 0.338 e. The average Bonchev–Trinajstić information content (AvgIpc) is 2.52. The molecule has 2 aromatic rings. The second-order valence-corrected chi connectivity index (χ2v) is 5.37. The molecule has 7 heteroatoms. The van der Waals surface area contributed by atoms with Crippen LogP contribution < -0.4 is 5.32 Å². The number of rotatable bonds is 5. The van der Waals surface area contributed by atoms with Crippen molar-refractivity contribution in [3.63, 3.8) is 0 Å². The van der Waals surface area contributed by atoms with Gasteiger partial charge in [-0.15, -0.1) is 10.2 Å². The van der Waals surface area contributed by atoms with Crippen molar-refractivity contribution >= 4 is 40.6 Å². The van der Waals surface area contributed by atoms with Crippen molar-refractivity contribution in [2.24, 2.45) is 0 Å². The summed E-state index contributed by atoms with van der Waals surface area (Å²) >= 11 is 11.9. The van der Waals surface area contributed by atoms with E-state index >= 15 is 0 Å². The Morgan fingerprint density at radius 1 is 1.14 bits per heavy atom. The van der Waals surface area contributed by atoms with Crippen LogP contribution in [-0.2, 0) is 0 Å². The molecule has 1 aromatic heterocycles. The average molecular weight is 339 g/mol. The minimum absolute atomic E-state index is 0.131. The van der Waals surface area contributed by atoms with Crippen LogP contribution in [0, 0.1) is 0 Å². The molecular weight excluding hydrogens is 323 g/mol. The van der Waals surface area contributed by atoms with E-state index in [-0.39, 0.29) is 5.91 Å². The van der Waals surface area contributed by atoms with E-state index in [0.29, 0.717) is 40.3 Å². The Balaban J connectivity index is 2.13. The topological polar surface area (TPSA) is 58.1 Å². The smallest absolute Gasteiger partial charge is 0.274 e. The van der Waals surface area contributed by atoms with Crippen molar-refractivity contribution in [3.8, 4) is 0 Å². The minimum atomic E-state index is -0.131. The van der Waals surface area contributed by atoms with Gasteiger partial charge in [-0.05, 0) is 44.2 Å². The molecule has 0 spiro atoms. The summed E-state index contributed by atoms with van der Waals surface area (Å²) in [6.45, 7) is 5.12. The lowest BCUT2D eigenvalue weighted by Crippen LogP contribution is -2.31. The van der Waals surface area contributed by atoms with Crippen LogP contribution in [0.3, 0.4) is 0 Å². The third-order valence-electron chi connectivity index (χ3n) is 3.13. The molecule has 0 radical (unpaired) electrons. The van der Waals surface area contributed by atoms with Gasteiger partial charge in [0.05, 0.1) is 10.7 Å². The number of hydrogen-bond donors (Lipinski definition) is 1. The van der Waals surface area contributed by atoms with Crippen molar-refractivity contribution in [1.82, 2.24) is 15.1 Å². The zero-order valence-corrected chi connectivity index (χ0v) is 13.8. The Hall–Kier alpha value is -1.85. The molecule has 0 aliphatic rings. The van der Waals surface area contributed by atoms with Crippen LogP contribution in [0.15, 0.2) is 30.3 Å². The van der Waals surface area contributed by atoms with Gasteiger partial charge in [0, 0.05) is 18.1 Å². The lowest BCUT2D eigenvalue weighted by atomic mass is 10.3.